The number of carboxylic acid groups (broad SMARTS) is 1. The molecule has 0 saturated carbocycles. The van der Waals surface area contributed by atoms with Crippen LogP contribution < -0.4 is 0 Å². The molecular formula is C10H19NO5S. The van der Waals surface area contributed by atoms with Gasteiger partial charge in [-0.05, 0) is 6.42 Å². The van der Waals surface area contributed by atoms with Crippen molar-refractivity contribution >= 4 is 21.7 Å². The lowest BCUT2D eigenvalue weighted by Crippen LogP contribution is -2.37. The number of carboxylic acids is 1. The molecule has 17 heavy (non-hydrogen) atoms. The van der Waals surface area contributed by atoms with Crippen molar-refractivity contribution < 1.29 is 23.1 Å². The van der Waals surface area contributed by atoms with Crippen LogP contribution in [0.15, 0.2) is 0 Å². The fourth-order valence-corrected chi connectivity index (χ4v) is 2.64. The van der Waals surface area contributed by atoms with Gasteiger partial charge in [0.2, 0.25) is 5.91 Å². The van der Waals surface area contributed by atoms with E-state index in [1.165, 1.54) is 14.0 Å². The molecule has 1 amide bonds. The highest BCUT2D eigenvalue weighted by Gasteiger charge is 2.21. The number of carbonyl (C=O) groups excluding carboxylic acids is 1. The summed E-state index contributed by atoms with van der Waals surface area (Å²) in [5.41, 5.74) is 0. The molecule has 0 aliphatic carbocycles. The highest BCUT2D eigenvalue weighted by Crippen LogP contribution is 2.01. The van der Waals surface area contributed by atoms with Crippen LogP contribution in [0.3, 0.4) is 0 Å². The molecule has 1 unspecified atom stereocenters. The summed E-state index contributed by atoms with van der Waals surface area (Å²) in [6.45, 7) is 3.20. The Kier molecular flexibility index (Phi) is 6.15. The lowest BCUT2D eigenvalue weighted by Gasteiger charge is -2.19. The largest absolute Gasteiger partial charge is 0.481 e. The number of hydrogen-bond donors (Lipinski definition) is 1. The Bertz CT molecular complexity index is 376. The van der Waals surface area contributed by atoms with Gasteiger partial charge in [-0.25, -0.2) is 8.42 Å². The van der Waals surface area contributed by atoms with Crippen LogP contribution >= 0.6 is 0 Å². The van der Waals surface area contributed by atoms with Crippen molar-refractivity contribution in [2.75, 3.05) is 25.1 Å². The molecule has 0 aliphatic heterocycles. The van der Waals surface area contributed by atoms with Crippen LogP contribution in [0.2, 0.25) is 0 Å². The molecule has 1 atom stereocenters. The number of carbonyl (C=O) groups is 2. The van der Waals surface area contributed by atoms with E-state index in [0.717, 1.165) is 4.90 Å². The summed E-state index contributed by atoms with van der Waals surface area (Å²) in [7, 11) is -1.96. The van der Waals surface area contributed by atoms with E-state index in [1.807, 2.05) is 0 Å². The Hall–Kier alpha value is -1.11. The minimum atomic E-state index is -3.37. The number of nitrogens with zero attached hydrogens (tertiary/aromatic N) is 1. The first-order chi connectivity index (χ1) is 7.69. The molecule has 0 heterocycles. The average Bonchev–Trinajstić information content (AvgIpc) is 2.16. The van der Waals surface area contributed by atoms with E-state index in [2.05, 4.69) is 0 Å². The van der Waals surface area contributed by atoms with E-state index in [-0.39, 0.29) is 12.3 Å². The maximum Gasteiger partial charge on any atom is 0.308 e. The summed E-state index contributed by atoms with van der Waals surface area (Å²) >= 11 is 0. The maximum atomic E-state index is 11.5. The summed E-state index contributed by atoms with van der Waals surface area (Å²) in [4.78, 5) is 23.3. The first-order valence-corrected chi connectivity index (χ1v) is 7.19. The zero-order valence-corrected chi connectivity index (χ0v) is 11.2. The SMILES string of the molecule is CCCS(=O)(=O)CC(=O)N(C)CC(C)C(=O)O. The minimum Gasteiger partial charge on any atom is -0.481 e. The van der Waals surface area contributed by atoms with Gasteiger partial charge in [-0.1, -0.05) is 13.8 Å². The highest BCUT2D eigenvalue weighted by atomic mass is 32.2. The molecule has 0 radical (unpaired) electrons. The molecule has 1 N–H and O–H groups in total. The third-order valence-electron chi connectivity index (χ3n) is 2.25. The molecule has 6 nitrogen and oxygen atoms in total. The van der Waals surface area contributed by atoms with Gasteiger partial charge in [0.05, 0.1) is 11.7 Å². The van der Waals surface area contributed by atoms with Crippen molar-refractivity contribution in [2.45, 2.75) is 20.3 Å². The van der Waals surface area contributed by atoms with Gasteiger partial charge in [-0.15, -0.1) is 0 Å². The Morgan fingerprint density at radius 1 is 1.35 bits per heavy atom. The molecule has 0 fully saturated rings. The molecule has 0 spiro atoms. The lowest BCUT2D eigenvalue weighted by molar-refractivity contribution is -0.142. The molecule has 0 aromatic rings. The summed E-state index contributed by atoms with van der Waals surface area (Å²) in [5, 5.41) is 8.67. The van der Waals surface area contributed by atoms with Crippen molar-refractivity contribution in [2.24, 2.45) is 5.92 Å². The van der Waals surface area contributed by atoms with Crippen LogP contribution in [0.5, 0.6) is 0 Å². The normalized spacial score (nSPS) is 13.1. The van der Waals surface area contributed by atoms with Crippen LogP contribution in [0.25, 0.3) is 0 Å². The van der Waals surface area contributed by atoms with Crippen LogP contribution in [0.4, 0.5) is 0 Å². The van der Waals surface area contributed by atoms with Gasteiger partial charge in [0.15, 0.2) is 9.84 Å². The predicted molar refractivity (Wildman–Crippen MR) is 63.4 cm³/mol. The van der Waals surface area contributed by atoms with Gasteiger partial charge in [-0.3, -0.25) is 9.59 Å². The molecular weight excluding hydrogens is 246 g/mol. The van der Waals surface area contributed by atoms with Crippen molar-refractivity contribution in [3.8, 4) is 0 Å². The topological polar surface area (TPSA) is 91.8 Å². The van der Waals surface area contributed by atoms with Gasteiger partial charge in [-0.2, -0.15) is 0 Å². The standard InChI is InChI=1S/C10H19NO5S/c1-4-5-17(15,16)7-9(12)11(3)6-8(2)10(13)14/h8H,4-7H2,1-3H3,(H,13,14). The van der Waals surface area contributed by atoms with Crippen LogP contribution in [-0.2, 0) is 19.4 Å². The maximum absolute atomic E-state index is 11.5. The number of hydrogen-bond acceptors (Lipinski definition) is 4. The Morgan fingerprint density at radius 3 is 2.29 bits per heavy atom. The molecule has 0 aliphatic rings. The number of rotatable bonds is 7. The second-order valence-electron chi connectivity index (χ2n) is 4.11. The van der Waals surface area contributed by atoms with E-state index in [0.29, 0.717) is 6.42 Å². The first kappa shape index (κ1) is 15.9. The van der Waals surface area contributed by atoms with E-state index >= 15 is 0 Å². The third kappa shape index (κ3) is 6.25. The Labute approximate surface area is 102 Å². The average molecular weight is 265 g/mol. The molecule has 0 saturated heterocycles. The third-order valence-corrected chi connectivity index (χ3v) is 3.97. The monoisotopic (exact) mass is 265 g/mol. The van der Waals surface area contributed by atoms with Crippen LogP contribution in [-0.4, -0.2) is 55.4 Å². The van der Waals surface area contributed by atoms with Gasteiger partial charge < -0.3 is 10.0 Å². The molecule has 7 heteroatoms. The van der Waals surface area contributed by atoms with E-state index in [4.69, 9.17) is 5.11 Å². The van der Waals surface area contributed by atoms with E-state index in [1.54, 1.807) is 6.92 Å². The van der Waals surface area contributed by atoms with Gasteiger partial charge >= 0.3 is 5.97 Å². The Balaban J connectivity index is 4.38. The fraction of sp³-hybridized carbons (Fsp3) is 0.800. The smallest absolute Gasteiger partial charge is 0.308 e. The molecule has 100 valence electrons. The summed E-state index contributed by atoms with van der Waals surface area (Å²) < 4.78 is 22.8. The lowest BCUT2D eigenvalue weighted by atomic mass is 10.2. The second-order valence-corrected chi connectivity index (χ2v) is 6.29. The zero-order chi connectivity index (χ0) is 13.6. The quantitative estimate of drug-likeness (QED) is 0.699. The number of amides is 1. The van der Waals surface area contributed by atoms with Crippen LogP contribution in [0.1, 0.15) is 20.3 Å². The molecule has 0 aromatic heterocycles. The molecule has 0 aromatic carbocycles. The first-order valence-electron chi connectivity index (χ1n) is 5.36. The van der Waals surface area contributed by atoms with Crippen molar-refractivity contribution in [1.82, 2.24) is 4.90 Å². The van der Waals surface area contributed by atoms with E-state index in [9.17, 15) is 18.0 Å². The second kappa shape index (κ2) is 6.58. The number of sulfone groups is 1. The van der Waals surface area contributed by atoms with Crippen LogP contribution in [0, 0.1) is 5.92 Å². The highest BCUT2D eigenvalue weighted by molar-refractivity contribution is 7.92. The Morgan fingerprint density at radius 2 is 1.88 bits per heavy atom. The summed E-state index contributed by atoms with van der Waals surface area (Å²) in [6, 6.07) is 0. The van der Waals surface area contributed by atoms with Crippen molar-refractivity contribution in [3.05, 3.63) is 0 Å². The zero-order valence-electron chi connectivity index (χ0n) is 10.3. The summed E-state index contributed by atoms with van der Waals surface area (Å²) in [6.07, 6.45) is 0.463. The van der Waals surface area contributed by atoms with Crippen molar-refractivity contribution in [1.29, 1.82) is 0 Å². The van der Waals surface area contributed by atoms with Gasteiger partial charge in [0.25, 0.3) is 0 Å². The van der Waals surface area contributed by atoms with E-state index < -0.39 is 33.4 Å². The number of aliphatic carboxylic acids is 1. The van der Waals surface area contributed by atoms with Crippen molar-refractivity contribution in [3.63, 3.8) is 0 Å². The molecule has 0 bridgehead atoms. The fourth-order valence-electron chi connectivity index (χ4n) is 1.27. The minimum absolute atomic E-state index is 0.00973. The van der Waals surface area contributed by atoms with Gasteiger partial charge in [0.1, 0.15) is 5.75 Å². The summed E-state index contributed by atoms with van der Waals surface area (Å²) in [5.74, 6) is -2.87. The predicted octanol–water partition coefficient (Wildman–Crippen LogP) is -0.00970. The van der Waals surface area contributed by atoms with Gasteiger partial charge in [0, 0.05) is 13.6 Å². The molecule has 0 rings (SSSR count).